The zero-order valence-corrected chi connectivity index (χ0v) is 32.3. The van der Waals surface area contributed by atoms with Crippen LogP contribution in [0.2, 0.25) is 0 Å². The largest absolute Gasteiger partial charge is 0.456 e. The molecule has 0 amide bonds. The molecule has 1 aliphatic heterocycles. The van der Waals surface area contributed by atoms with Crippen LogP contribution in [0.5, 0.6) is 11.5 Å². The summed E-state index contributed by atoms with van der Waals surface area (Å²) in [4.78, 5) is 20.2. The van der Waals surface area contributed by atoms with E-state index in [9.17, 15) is 0 Å². The van der Waals surface area contributed by atoms with E-state index in [1.807, 2.05) is 67.0 Å². The fraction of sp³-hybridized carbons (Fsp3) is 0.0182. The van der Waals surface area contributed by atoms with Crippen LogP contribution >= 0.6 is 0 Å². The molecule has 1 spiro atoms. The molecule has 1 atom stereocenters. The predicted molar refractivity (Wildman–Crippen MR) is 240 cm³/mol. The maximum atomic E-state index is 7.01. The van der Waals surface area contributed by atoms with Gasteiger partial charge >= 0.3 is 0 Å². The van der Waals surface area contributed by atoms with Crippen LogP contribution in [0.1, 0.15) is 22.3 Å². The number of nitrogens with zero attached hydrogens (tertiary/aromatic N) is 4. The zero-order chi connectivity index (χ0) is 39.6. The molecular weight excluding hydrogens is 733 g/mol. The highest BCUT2D eigenvalue weighted by Crippen LogP contribution is 2.62. The molecule has 5 heteroatoms. The molecule has 3 heterocycles. The molecule has 0 N–H and O–H groups in total. The molecule has 1 aliphatic carbocycles. The number of fused-ring (bicyclic) bond motifs is 13. The average Bonchev–Trinajstić information content (AvgIpc) is 3.43. The second-order valence-electron chi connectivity index (χ2n) is 15.4. The lowest BCUT2D eigenvalue weighted by molar-refractivity contribution is 0.440. The van der Waals surface area contributed by atoms with E-state index in [0.717, 1.165) is 78.2 Å². The molecule has 0 saturated carbocycles. The smallest absolute Gasteiger partial charge is 0.160 e. The van der Waals surface area contributed by atoms with Gasteiger partial charge in [0.25, 0.3) is 0 Å². The highest BCUT2D eigenvalue weighted by Gasteiger charge is 2.49. The number of ether oxygens (including phenoxy) is 1. The van der Waals surface area contributed by atoms with Gasteiger partial charge in [-0.25, -0.2) is 19.9 Å². The van der Waals surface area contributed by atoms with Crippen molar-refractivity contribution in [1.29, 1.82) is 0 Å². The first-order valence-electron chi connectivity index (χ1n) is 20.2. The summed E-state index contributed by atoms with van der Waals surface area (Å²) in [6.45, 7) is 0. The first-order chi connectivity index (χ1) is 29.7. The quantitative estimate of drug-likeness (QED) is 0.178. The van der Waals surface area contributed by atoms with Crippen LogP contribution in [0, 0.1) is 0 Å². The Morgan fingerprint density at radius 3 is 1.73 bits per heavy atom. The number of aromatic nitrogens is 4. The summed E-state index contributed by atoms with van der Waals surface area (Å²) < 4.78 is 7.01. The van der Waals surface area contributed by atoms with E-state index < -0.39 is 5.41 Å². The van der Waals surface area contributed by atoms with E-state index >= 15 is 0 Å². The summed E-state index contributed by atoms with van der Waals surface area (Å²) in [6, 6.07) is 68.4. The van der Waals surface area contributed by atoms with Crippen molar-refractivity contribution in [2.24, 2.45) is 0 Å². The van der Waals surface area contributed by atoms with Gasteiger partial charge in [-0.3, -0.25) is 0 Å². The normalized spacial score (nSPS) is 14.5. The number of hydrogen-bond acceptors (Lipinski definition) is 5. The lowest BCUT2D eigenvalue weighted by Gasteiger charge is -2.42. The summed E-state index contributed by atoms with van der Waals surface area (Å²) >= 11 is 0. The molecular formula is C55H34N4O. The zero-order valence-electron chi connectivity index (χ0n) is 32.3. The second kappa shape index (κ2) is 13.5. The molecule has 0 radical (unpaired) electrons. The van der Waals surface area contributed by atoms with E-state index in [1.165, 1.54) is 22.3 Å². The SMILES string of the molecule is c1ccc(-c2cc(-c3cnc(-c4ccccc4)nc3)nc(-c3ccc4c(c3)C3(c5ccccc5Oc5c3ccc3ccccc53)c3ccccc3-c3ccccc3-4)n2)cc1. The fourth-order valence-electron chi connectivity index (χ4n) is 9.40. The third-order valence-electron chi connectivity index (χ3n) is 12.1. The molecule has 12 rings (SSSR count). The van der Waals surface area contributed by atoms with E-state index in [0.29, 0.717) is 11.6 Å². The Bertz CT molecular complexity index is 3290. The summed E-state index contributed by atoms with van der Waals surface area (Å²) in [5.74, 6) is 2.98. The fourth-order valence-corrected chi connectivity index (χ4v) is 9.40. The van der Waals surface area contributed by atoms with Gasteiger partial charge in [-0.15, -0.1) is 0 Å². The van der Waals surface area contributed by atoms with E-state index in [-0.39, 0.29) is 0 Å². The molecule has 0 saturated heterocycles. The van der Waals surface area contributed by atoms with E-state index in [4.69, 9.17) is 24.7 Å². The number of para-hydroxylation sites is 1. The average molecular weight is 767 g/mol. The lowest BCUT2D eigenvalue weighted by Crippen LogP contribution is -2.35. The van der Waals surface area contributed by atoms with E-state index in [2.05, 4.69) is 140 Å². The van der Waals surface area contributed by atoms with Gasteiger partial charge in [0.1, 0.15) is 11.5 Å². The maximum Gasteiger partial charge on any atom is 0.160 e. The summed E-state index contributed by atoms with van der Waals surface area (Å²) in [6.07, 6.45) is 3.71. The minimum atomic E-state index is -0.782. The Hall–Kier alpha value is -8.02. The van der Waals surface area contributed by atoms with Crippen LogP contribution in [-0.4, -0.2) is 19.9 Å². The summed E-state index contributed by atoms with van der Waals surface area (Å²) in [7, 11) is 0. The first-order valence-corrected chi connectivity index (χ1v) is 20.2. The Morgan fingerprint density at radius 1 is 0.367 bits per heavy atom. The molecule has 2 aromatic heterocycles. The van der Waals surface area contributed by atoms with Crippen LogP contribution in [0.25, 0.3) is 78.3 Å². The van der Waals surface area contributed by atoms with Crippen molar-refractivity contribution in [2.45, 2.75) is 5.41 Å². The van der Waals surface area contributed by atoms with Gasteiger partial charge in [-0.2, -0.15) is 0 Å². The molecule has 0 bridgehead atoms. The van der Waals surface area contributed by atoms with Crippen LogP contribution < -0.4 is 4.74 Å². The molecule has 2 aliphatic rings. The van der Waals surface area contributed by atoms with Gasteiger partial charge in [0.2, 0.25) is 0 Å². The van der Waals surface area contributed by atoms with Gasteiger partial charge in [-0.05, 0) is 57.0 Å². The van der Waals surface area contributed by atoms with Crippen molar-refractivity contribution in [3.63, 3.8) is 0 Å². The van der Waals surface area contributed by atoms with Gasteiger partial charge in [0, 0.05) is 51.2 Å². The van der Waals surface area contributed by atoms with Crippen LogP contribution in [0.3, 0.4) is 0 Å². The molecule has 10 aromatic rings. The van der Waals surface area contributed by atoms with Gasteiger partial charge < -0.3 is 4.74 Å². The second-order valence-corrected chi connectivity index (χ2v) is 15.4. The van der Waals surface area contributed by atoms with Crippen molar-refractivity contribution >= 4 is 10.8 Å². The topological polar surface area (TPSA) is 60.8 Å². The van der Waals surface area contributed by atoms with Crippen molar-refractivity contribution in [3.05, 3.63) is 229 Å². The highest BCUT2D eigenvalue weighted by molar-refractivity contribution is 5.98. The third kappa shape index (κ3) is 5.19. The van der Waals surface area contributed by atoms with Crippen molar-refractivity contribution in [1.82, 2.24) is 19.9 Å². The number of rotatable bonds is 4. The highest BCUT2D eigenvalue weighted by atomic mass is 16.5. The minimum Gasteiger partial charge on any atom is -0.456 e. The van der Waals surface area contributed by atoms with Crippen LogP contribution in [-0.2, 0) is 5.41 Å². The van der Waals surface area contributed by atoms with Gasteiger partial charge in [-0.1, -0.05) is 176 Å². The molecule has 8 aromatic carbocycles. The Kier molecular flexibility index (Phi) is 7.69. The summed E-state index contributed by atoms with van der Waals surface area (Å²) in [5.41, 5.74) is 13.6. The molecule has 280 valence electrons. The summed E-state index contributed by atoms with van der Waals surface area (Å²) in [5, 5.41) is 2.20. The predicted octanol–water partition coefficient (Wildman–Crippen LogP) is 13.2. The van der Waals surface area contributed by atoms with E-state index in [1.54, 1.807) is 0 Å². The minimum absolute atomic E-state index is 0.612. The molecule has 1 unspecified atom stereocenters. The number of benzene rings is 8. The monoisotopic (exact) mass is 766 g/mol. The van der Waals surface area contributed by atoms with Gasteiger partial charge in [0.15, 0.2) is 11.6 Å². The maximum absolute atomic E-state index is 7.01. The third-order valence-corrected chi connectivity index (χ3v) is 12.1. The van der Waals surface area contributed by atoms with Crippen LogP contribution in [0.4, 0.5) is 0 Å². The Labute approximate surface area is 347 Å². The Morgan fingerprint density at radius 2 is 0.967 bits per heavy atom. The van der Waals surface area contributed by atoms with Gasteiger partial charge in [0.05, 0.1) is 16.8 Å². The molecule has 60 heavy (non-hydrogen) atoms. The lowest BCUT2D eigenvalue weighted by atomic mass is 9.61. The molecule has 5 nitrogen and oxygen atoms in total. The van der Waals surface area contributed by atoms with Crippen molar-refractivity contribution in [2.75, 3.05) is 0 Å². The molecule has 0 fully saturated rings. The van der Waals surface area contributed by atoms with Crippen molar-refractivity contribution in [3.8, 4) is 79.0 Å². The number of hydrogen-bond donors (Lipinski definition) is 0. The van der Waals surface area contributed by atoms with Crippen molar-refractivity contribution < 1.29 is 4.74 Å². The first kappa shape index (κ1) is 34.1. The standard InChI is InChI=1S/C55H34N4O/c1-3-16-36(17-4-1)49-32-50(39-33-56-53(57-34-39)37-18-5-2-6-19-37)59-54(58-49)38-27-29-44-42-22-10-9-21-41(42)43-23-11-12-24-45(43)55(48(44)31-38)46-25-13-14-26-51(46)60-52-40-20-8-7-15-35(40)28-30-47(52)55/h1-34H. The van der Waals surface area contributed by atoms with Crippen LogP contribution in [0.15, 0.2) is 207 Å². The Balaban J connectivity index is 1.15.